The Morgan fingerprint density at radius 3 is 2.81 bits per heavy atom. The van der Waals surface area contributed by atoms with Crippen molar-refractivity contribution in [1.82, 2.24) is 14.9 Å². The van der Waals surface area contributed by atoms with Gasteiger partial charge in [0.05, 0.1) is 16.7 Å². The Labute approximate surface area is 201 Å². The van der Waals surface area contributed by atoms with Crippen molar-refractivity contribution < 1.29 is 9.53 Å². The fourth-order valence-electron chi connectivity index (χ4n) is 3.14. The van der Waals surface area contributed by atoms with Gasteiger partial charge in [-0.2, -0.15) is 0 Å². The quantitative estimate of drug-likeness (QED) is 0.240. The van der Waals surface area contributed by atoms with Gasteiger partial charge in [0.25, 0.3) is 5.56 Å². The van der Waals surface area contributed by atoms with Gasteiger partial charge in [-0.15, -0.1) is 0 Å². The normalized spacial score (nSPS) is 11.1. The summed E-state index contributed by atoms with van der Waals surface area (Å²) in [5, 5.41) is 5.03. The summed E-state index contributed by atoms with van der Waals surface area (Å²) in [6.07, 6.45) is 1.29. The SMILES string of the molecule is CCOCCCNC(=O)CSc1nc2ccccc2c(=O)n1CCc1ccc(Cl)cc1Cl. The Morgan fingerprint density at radius 2 is 2.03 bits per heavy atom. The molecule has 0 spiro atoms. The molecule has 0 aliphatic heterocycles. The van der Waals surface area contributed by atoms with Crippen LogP contribution in [-0.4, -0.2) is 41.0 Å². The molecule has 6 nitrogen and oxygen atoms in total. The zero-order valence-corrected chi connectivity index (χ0v) is 20.1. The lowest BCUT2D eigenvalue weighted by Crippen LogP contribution is -2.28. The van der Waals surface area contributed by atoms with E-state index in [0.717, 1.165) is 12.0 Å². The predicted octanol–water partition coefficient (Wildman–Crippen LogP) is 4.58. The number of thioether (sulfide) groups is 1. The second-order valence-electron chi connectivity index (χ2n) is 7.04. The predicted molar refractivity (Wildman–Crippen MR) is 131 cm³/mol. The highest BCUT2D eigenvalue weighted by Gasteiger charge is 2.14. The first kappa shape index (κ1) is 24.6. The molecule has 1 heterocycles. The number of hydrogen-bond acceptors (Lipinski definition) is 5. The number of nitrogens with zero attached hydrogens (tertiary/aromatic N) is 2. The zero-order valence-electron chi connectivity index (χ0n) is 17.8. The Bertz CT molecular complexity index is 1140. The van der Waals surface area contributed by atoms with Crippen molar-refractivity contribution in [2.45, 2.75) is 31.5 Å². The molecule has 2 aromatic carbocycles. The molecule has 0 aliphatic rings. The van der Waals surface area contributed by atoms with Crippen LogP contribution in [0, 0.1) is 0 Å². The standard InChI is InChI=1S/C23H25Cl2N3O3S/c1-2-31-13-5-11-26-21(29)15-32-23-27-20-7-4-3-6-18(20)22(30)28(23)12-10-16-8-9-17(24)14-19(16)25/h3-4,6-9,14H,2,5,10-13,15H2,1H3,(H,26,29). The largest absolute Gasteiger partial charge is 0.382 e. The highest BCUT2D eigenvalue weighted by Crippen LogP contribution is 2.23. The van der Waals surface area contributed by atoms with Crippen LogP contribution in [0.4, 0.5) is 0 Å². The van der Waals surface area contributed by atoms with Crippen LogP contribution in [0.1, 0.15) is 18.9 Å². The summed E-state index contributed by atoms with van der Waals surface area (Å²) < 4.78 is 6.88. The molecule has 0 bridgehead atoms. The summed E-state index contributed by atoms with van der Waals surface area (Å²) in [5.74, 6) is 0.0578. The van der Waals surface area contributed by atoms with E-state index in [1.165, 1.54) is 11.8 Å². The first-order valence-corrected chi connectivity index (χ1v) is 12.1. The van der Waals surface area contributed by atoms with E-state index in [2.05, 4.69) is 10.3 Å². The van der Waals surface area contributed by atoms with Gasteiger partial charge in [-0.3, -0.25) is 14.2 Å². The molecule has 32 heavy (non-hydrogen) atoms. The van der Waals surface area contributed by atoms with Crippen molar-refractivity contribution in [2.24, 2.45) is 0 Å². The van der Waals surface area contributed by atoms with Gasteiger partial charge in [0.1, 0.15) is 0 Å². The maximum absolute atomic E-state index is 13.2. The second-order valence-corrected chi connectivity index (χ2v) is 8.83. The Hall–Kier alpha value is -2.06. The van der Waals surface area contributed by atoms with Gasteiger partial charge in [0, 0.05) is 36.3 Å². The van der Waals surface area contributed by atoms with Gasteiger partial charge in [-0.25, -0.2) is 4.98 Å². The molecule has 1 amide bonds. The minimum atomic E-state index is -0.139. The van der Waals surface area contributed by atoms with E-state index in [-0.39, 0.29) is 17.2 Å². The third-order valence-corrected chi connectivity index (χ3v) is 6.33. The molecule has 0 aliphatic carbocycles. The van der Waals surface area contributed by atoms with E-state index in [4.69, 9.17) is 27.9 Å². The molecule has 1 N–H and O–H groups in total. The number of aromatic nitrogens is 2. The average molecular weight is 494 g/mol. The number of aryl methyl sites for hydroxylation is 1. The fraction of sp³-hybridized carbons (Fsp3) is 0.348. The van der Waals surface area contributed by atoms with Crippen LogP contribution in [0.5, 0.6) is 0 Å². The third kappa shape index (κ3) is 6.72. The number of amides is 1. The van der Waals surface area contributed by atoms with Gasteiger partial charge in [-0.1, -0.05) is 53.2 Å². The van der Waals surface area contributed by atoms with Crippen molar-refractivity contribution in [3.8, 4) is 0 Å². The van der Waals surface area contributed by atoms with Crippen molar-refractivity contribution >= 4 is 51.8 Å². The minimum Gasteiger partial charge on any atom is -0.382 e. The summed E-state index contributed by atoms with van der Waals surface area (Å²) in [7, 11) is 0. The van der Waals surface area contributed by atoms with Gasteiger partial charge in [0.15, 0.2) is 5.16 Å². The molecule has 0 radical (unpaired) electrons. The molecule has 0 atom stereocenters. The molecule has 3 rings (SSSR count). The summed E-state index contributed by atoms with van der Waals surface area (Å²) in [6.45, 7) is 4.15. The second kappa shape index (κ2) is 12.3. The first-order valence-electron chi connectivity index (χ1n) is 10.4. The number of fused-ring (bicyclic) bond motifs is 1. The fourth-order valence-corrected chi connectivity index (χ4v) is 4.50. The van der Waals surface area contributed by atoms with E-state index in [1.54, 1.807) is 28.8 Å². The molecule has 170 valence electrons. The number of halogens is 2. The van der Waals surface area contributed by atoms with Gasteiger partial charge in [-0.05, 0) is 49.6 Å². The number of nitrogens with one attached hydrogen (secondary N) is 1. The van der Waals surface area contributed by atoms with E-state index in [9.17, 15) is 9.59 Å². The summed E-state index contributed by atoms with van der Waals surface area (Å²) in [4.78, 5) is 30.1. The number of carbonyl (C=O) groups is 1. The van der Waals surface area contributed by atoms with Crippen LogP contribution in [0.3, 0.4) is 0 Å². The Kier molecular flexibility index (Phi) is 9.41. The lowest BCUT2D eigenvalue weighted by molar-refractivity contribution is -0.118. The smallest absolute Gasteiger partial charge is 0.262 e. The van der Waals surface area contributed by atoms with Crippen LogP contribution in [0.2, 0.25) is 10.0 Å². The molecule has 0 fully saturated rings. The molecule has 9 heteroatoms. The van der Waals surface area contributed by atoms with Crippen molar-refractivity contribution in [1.29, 1.82) is 0 Å². The first-order chi connectivity index (χ1) is 15.5. The van der Waals surface area contributed by atoms with Crippen molar-refractivity contribution in [2.75, 3.05) is 25.5 Å². The summed E-state index contributed by atoms with van der Waals surface area (Å²) >= 11 is 13.5. The number of ether oxygens (including phenoxy) is 1. The number of carbonyl (C=O) groups excluding carboxylic acids is 1. The highest BCUT2D eigenvalue weighted by molar-refractivity contribution is 7.99. The molecule has 0 saturated heterocycles. The summed E-state index contributed by atoms with van der Waals surface area (Å²) in [5.41, 5.74) is 1.36. The highest BCUT2D eigenvalue weighted by atomic mass is 35.5. The van der Waals surface area contributed by atoms with Gasteiger partial charge < -0.3 is 10.1 Å². The Morgan fingerprint density at radius 1 is 1.22 bits per heavy atom. The summed E-state index contributed by atoms with van der Waals surface area (Å²) in [6, 6.07) is 12.5. The van der Waals surface area contributed by atoms with Crippen molar-refractivity contribution in [3.05, 3.63) is 68.4 Å². The number of rotatable bonds is 11. The van der Waals surface area contributed by atoms with E-state index < -0.39 is 0 Å². The molecule has 0 saturated carbocycles. The maximum atomic E-state index is 13.2. The molecule has 1 aromatic heterocycles. The number of para-hydroxylation sites is 1. The van der Waals surface area contributed by atoms with Crippen LogP contribution in [0.25, 0.3) is 10.9 Å². The minimum absolute atomic E-state index is 0.110. The molecule has 3 aromatic rings. The molecular formula is C23H25Cl2N3O3S. The van der Waals surface area contributed by atoms with Crippen LogP contribution < -0.4 is 10.9 Å². The third-order valence-electron chi connectivity index (χ3n) is 4.77. The Balaban J connectivity index is 1.75. The monoisotopic (exact) mass is 493 g/mol. The maximum Gasteiger partial charge on any atom is 0.262 e. The van der Waals surface area contributed by atoms with Gasteiger partial charge >= 0.3 is 0 Å². The lowest BCUT2D eigenvalue weighted by atomic mass is 10.1. The zero-order chi connectivity index (χ0) is 22.9. The number of hydrogen-bond donors (Lipinski definition) is 1. The van der Waals surface area contributed by atoms with Crippen LogP contribution in [-0.2, 0) is 22.5 Å². The van der Waals surface area contributed by atoms with Crippen molar-refractivity contribution in [3.63, 3.8) is 0 Å². The average Bonchev–Trinajstić information content (AvgIpc) is 2.78. The molecular weight excluding hydrogens is 469 g/mol. The lowest BCUT2D eigenvalue weighted by Gasteiger charge is -2.14. The van der Waals surface area contributed by atoms with E-state index >= 15 is 0 Å². The topological polar surface area (TPSA) is 73.2 Å². The van der Waals surface area contributed by atoms with Crippen LogP contribution >= 0.6 is 35.0 Å². The van der Waals surface area contributed by atoms with Gasteiger partial charge in [0.2, 0.25) is 5.91 Å². The number of benzene rings is 2. The van der Waals surface area contributed by atoms with E-state index in [0.29, 0.717) is 58.8 Å². The molecule has 0 unspecified atom stereocenters. The van der Waals surface area contributed by atoms with Crippen LogP contribution in [0.15, 0.2) is 52.4 Å². The van der Waals surface area contributed by atoms with E-state index in [1.807, 2.05) is 25.1 Å².